The molecule has 6 heteroatoms. The Labute approximate surface area is 91.4 Å². The van der Waals surface area contributed by atoms with Gasteiger partial charge in [0.1, 0.15) is 10.8 Å². The van der Waals surface area contributed by atoms with Crippen molar-refractivity contribution in [1.82, 2.24) is 4.98 Å². The maximum Gasteiger partial charge on any atom is 0.266 e. The highest BCUT2D eigenvalue weighted by Crippen LogP contribution is 2.27. The van der Waals surface area contributed by atoms with Crippen LogP contribution in [0.2, 0.25) is 5.15 Å². The molecule has 0 aliphatic heterocycles. The Morgan fingerprint density at radius 1 is 1.62 bits per heavy atom. The lowest BCUT2D eigenvalue weighted by atomic mass is 10.2. The van der Waals surface area contributed by atoms with Crippen molar-refractivity contribution < 1.29 is 13.6 Å². The van der Waals surface area contributed by atoms with Gasteiger partial charge in [0, 0.05) is 3.57 Å². The largest absolute Gasteiger partial charge is 0.296 e. The average molecular weight is 317 g/mol. The second-order valence-corrected chi connectivity index (χ2v) is 3.67. The Kier molecular flexibility index (Phi) is 3.55. The predicted octanol–water partition coefficient (Wildman–Crippen LogP) is 3.09. The van der Waals surface area contributed by atoms with Crippen molar-refractivity contribution >= 4 is 40.5 Å². The summed E-state index contributed by atoms with van der Waals surface area (Å²) in [6.45, 7) is 0. The maximum atomic E-state index is 12.2. The first kappa shape index (κ1) is 10.8. The van der Waals surface area contributed by atoms with E-state index in [1.807, 2.05) is 0 Å². The molecule has 0 bridgehead atoms. The van der Waals surface area contributed by atoms with Crippen LogP contribution in [0.25, 0.3) is 0 Å². The van der Waals surface area contributed by atoms with Crippen LogP contribution in [0, 0.1) is 3.57 Å². The van der Waals surface area contributed by atoms with Crippen LogP contribution in [0.3, 0.4) is 0 Å². The number of aromatic nitrogens is 1. The molecular formula is C7H3ClF2INO. The number of rotatable bonds is 2. The molecule has 1 heterocycles. The normalized spacial score (nSPS) is 10.5. The van der Waals surface area contributed by atoms with Crippen LogP contribution in [0.4, 0.5) is 8.78 Å². The molecule has 0 N–H and O–H groups in total. The Morgan fingerprint density at radius 3 is 2.69 bits per heavy atom. The molecule has 0 unspecified atom stereocenters. The fourth-order valence-electron chi connectivity index (χ4n) is 0.729. The van der Waals surface area contributed by atoms with Gasteiger partial charge in [0.2, 0.25) is 0 Å². The average Bonchev–Trinajstić information content (AvgIpc) is 2.07. The summed E-state index contributed by atoms with van der Waals surface area (Å²) >= 11 is 7.17. The third kappa shape index (κ3) is 2.34. The zero-order valence-electron chi connectivity index (χ0n) is 6.10. The van der Waals surface area contributed by atoms with Gasteiger partial charge in [-0.05, 0) is 28.7 Å². The molecule has 0 spiro atoms. The zero-order valence-corrected chi connectivity index (χ0v) is 9.01. The van der Waals surface area contributed by atoms with Crippen molar-refractivity contribution in [1.29, 1.82) is 0 Å². The Morgan fingerprint density at radius 2 is 2.23 bits per heavy atom. The van der Waals surface area contributed by atoms with E-state index < -0.39 is 6.43 Å². The first-order valence-electron chi connectivity index (χ1n) is 3.15. The molecule has 0 aliphatic rings. The van der Waals surface area contributed by atoms with E-state index >= 15 is 0 Å². The lowest BCUT2D eigenvalue weighted by Gasteiger charge is -2.03. The first-order valence-corrected chi connectivity index (χ1v) is 4.61. The summed E-state index contributed by atoms with van der Waals surface area (Å²) in [7, 11) is 0. The minimum atomic E-state index is -2.67. The minimum Gasteiger partial charge on any atom is -0.296 e. The number of carbonyl (C=O) groups excluding carboxylic acids is 1. The molecule has 1 aromatic rings. The van der Waals surface area contributed by atoms with Gasteiger partial charge in [-0.15, -0.1) is 0 Å². The van der Waals surface area contributed by atoms with Gasteiger partial charge in [-0.3, -0.25) is 4.79 Å². The lowest BCUT2D eigenvalue weighted by molar-refractivity contribution is 0.111. The topological polar surface area (TPSA) is 30.0 Å². The monoisotopic (exact) mass is 317 g/mol. The molecule has 0 saturated heterocycles. The third-order valence-electron chi connectivity index (χ3n) is 1.33. The quantitative estimate of drug-likeness (QED) is 0.477. The standard InChI is InChI=1S/C7H3ClF2INO/c8-6-3(7(9)10)1-4(11)5(2-13)12-6/h1-2,7H. The SMILES string of the molecule is O=Cc1nc(Cl)c(C(F)F)cc1I. The molecular weight excluding hydrogens is 314 g/mol. The van der Waals surface area contributed by atoms with Gasteiger partial charge < -0.3 is 0 Å². The number of halogens is 4. The van der Waals surface area contributed by atoms with Crippen LogP contribution in [-0.2, 0) is 0 Å². The number of hydrogen-bond donors (Lipinski definition) is 0. The van der Waals surface area contributed by atoms with E-state index in [0.29, 0.717) is 9.86 Å². The van der Waals surface area contributed by atoms with Crippen LogP contribution < -0.4 is 0 Å². The van der Waals surface area contributed by atoms with Crippen LogP contribution in [0.5, 0.6) is 0 Å². The summed E-state index contributed by atoms with van der Waals surface area (Å²) in [4.78, 5) is 13.9. The molecule has 0 saturated carbocycles. The highest BCUT2D eigenvalue weighted by atomic mass is 127. The number of hydrogen-bond acceptors (Lipinski definition) is 2. The second kappa shape index (κ2) is 4.28. The molecule has 0 fully saturated rings. The molecule has 0 atom stereocenters. The summed E-state index contributed by atoms with van der Waals surface area (Å²) in [6, 6.07) is 1.16. The van der Waals surface area contributed by atoms with E-state index in [9.17, 15) is 13.6 Å². The summed E-state index contributed by atoms with van der Waals surface area (Å²) in [5.41, 5.74) is -0.272. The Balaban J connectivity index is 3.28. The van der Waals surface area contributed by atoms with Crippen LogP contribution in [0.1, 0.15) is 22.5 Å². The van der Waals surface area contributed by atoms with Gasteiger partial charge in [0.25, 0.3) is 6.43 Å². The first-order chi connectivity index (χ1) is 6.06. The number of alkyl halides is 2. The number of nitrogens with zero attached hydrogens (tertiary/aromatic N) is 1. The molecule has 2 nitrogen and oxygen atoms in total. The fraction of sp³-hybridized carbons (Fsp3) is 0.143. The van der Waals surface area contributed by atoms with Crippen molar-refractivity contribution in [3.63, 3.8) is 0 Å². The van der Waals surface area contributed by atoms with Crippen molar-refractivity contribution in [2.45, 2.75) is 6.43 Å². The second-order valence-electron chi connectivity index (χ2n) is 2.15. The molecule has 0 aromatic carbocycles. The summed E-state index contributed by atoms with van der Waals surface area (Å²) in [5, 5.41) is -0.322. The number of aldehydes is 1. The molecule has 70 valence electrons. The molecule has 1 rings (SSSR count). The van der Waals surface area contributed by atoms with Crippen molar-refractivity contribution in [2.75, 3.05) is 0 Å². The molecule has 0 radical (unpaired) electrons. The van der Waals surface area contributed by atoms with E-state index in [2.05, 4.69) is 4.98 Å². The van der Waals surface area contributed by atoms with Gasteiger partial charge in [-0.2, -0.15) is 0 Å². The number of carbonyl (C=O) groups is 1. The Hall–Kier alpha value is -0.300. The van der Waals surface area contributed by atoms with Crippen LogP contribution in [0.15, 0.2) is 6.07 Å². The molecule has 1 aromatic heterocycles. The third-order valence-corrected chi connectivity index (χ3v) is 2.50. The van der Waals surface area contributed by atoms with Gasteiger partial charge in [0.15, 0.2) is 6.29 Å². The van der Waals surface area contributed by atoms with Crippen molar-refractivity contribution in [2.24, 2.45) is 0 Å². The molecule has 0 aliphatic carbocycles. The van der Waals surface area contributed by atoms with Crippen LogP contribution in [-0.4, -0.2) is 11.3 Å². The highest BCUT2D eigenvalue weighted by Gasteiger charge is 2.15. The summed E-state index contributed by atoms with van der Waals surface area (Å²) in [5.74, 6) is 0. The van der Waals surface area contributed by atoms with Gasteiger partial charge >= 0.3 is 0 Å². The van der Waals surface area contributed by atoms with E-state index in [1.165, 1.54) is 0 Å². The zero-order chi connectivity index (χ0) is 10.0. The van der Waals surface area contributed by atoms with Gasteiger partial charge in [-0.1, -0.05) is 11.6 Å². The Bertz CT molecular complexity index is 346. The smallest absolute Gasteiger partial charge is 0.266 e. The maximum absolute atomic E-state index is 12.2. The predicted molar refractivity (Wildman–Crippen MR) is 52.3 cm³/mol. The molecule has 13 heavy (non-hydrogen) atoms. The van der Waals surface area contributed by atoms with Crippen LogP contribution >= 0.6 is 34.2 Å². The van der Waals surface area contributed by atoms with Gasteiger partial charge in [0.05, 0.1) is 5.56 Å². The van der Waals surface area contributed by atoms with E-state index in [4.69, 9.17) is 11.6 Å². The summed E-state index contributed by atoms with van der Waals surface area (Å²) in [6.07, 6.45) is -2.20. The van der Waals surface area contributed by atoms with E-state index in [0.717, 1.165) is 6.07 Å². The van der Waals surface area contributed by atoms with Gasteiger partial charge in [-0.25, -0.2) is 13.8 Å². The fourth-order valence-corrected chi connectivity index (χ4v) is 1.54. The van der Waals surface area contributed by atoms with E-state index in [1.54, 1.807) is 22.6 Å². The molecule has 0 amide bonds. The number of pyridine rings is 1. The lowest BCUT2D eigenvalue weighted by Crippen LogP contribution is -1.97. The minimum absolute atomic E-state index is 0.0787. The highest BCUT2D eigenvalue weighted by molar-refractivity contribution is 14.1. The summed E-state index contributed by atoms with van der Waals surface area (Å²) < 4.78 is 24.8. The van der Waals surface area contributed by atoms with Crippen molar-refractivity contribution in [3.05, 3.63) is 26.0 Å². The van der Waals surface area contributed by atoms with E-state index in [-0.39, 0.29) is 16.4 Å². The van der Waals surface area contributed by atoms with Crippen molar-refractivity contribution in [3.8, 4) is 0 Å².